The number of ether oxygens (including phenoxy) is 2. The van der Waals surface area contributed by atoms with Gasteiger partial charge in [0, 0.05) is 16.6 Å². The van der Waals surface area contributed by atoms with Crippen LogP contribution in [0.3, 0.4) is 0 Å². The highest BCUT2D eigenvalue weighted by atomic mass is 16.7. The molecule has 160 valence electrons. The summed E-state index contributed by atoms with van der Waals surface area (Å²) in [4.78, 5) is 18.4. The van der Waals surface area contributed by atoms with Gasteiger partial charge in [-0.1, -0.05) is 50.2 Å². The number of carbonyl (C=O) groups is 1. The first kappa shape index (κ1) is 20.1. The Morgan fingerprint density at radius 2 is 1.78 bits per heavy atom. The van der Waals surface area contributed by atoms with Gasteiger partial charge in [-0.3, -0.25) is 4.79 Å². The maximum Gasteiger partial charge on any atom is 0.256 e. The van der Waals surface area contributed by atoms with Crippen LogP contribution in [0.15, 0.2) is 66.7 Å². The Morgan fingerprint density at radius 1 is 0.969 bits per heavy atom. The maximum absolute atomic E-state index is 13.5. The summed E-state index contributed by atoms with van der Waals surface area (Å²) >= 11 is 0. The van der Waals surface area contributed by atoms with E-state index in [0.717, 1.165) is 33.3 Å². The van der Waals surface area contributed by atoms with Gasteiger partial charge in [0.2, 0.25) is 6.79 Å². The molecule has 1 aliphatic heterocycles. The lowest BCUT2D eigenvalue weighted by Crippen LogP contribution is -2.15. The number of hydrogen-bond donors (Lipinski definition) is 1. The smallest absolute Gasteiger partial charge is 0.256 e. The number of aryl methyl sites for hydroxylation is 1. The fourth-order valence-electron chi connectivity index (χ4n) is 4.09. The number of benzene rings is 3. The van der Waals surface area contributed by atoms with E-state index in [1.807, 2.05) is 67.6 Å². The number of nitrogens with zero attached hydrogens (tertiary/aromatic N) is 1. The van der Waals surface area contributed by atoms with E-state index < -0.39 is 0 Å². The number of anilines is 1. The Labute approximate surface area is 187 Å². The predicted molar refractivity (Wildman–Crippen MR) is 127 cm³/mol. The third kappa shape index (κ3) is 3.56. The Bertz CT molecular complexity index is 1340. The lowest BCUT2D eigenvalue weighted by atomic mass is 9.97. The fourth-order valence-corrected chi connectivity index (χ4v) is 4.09. The van der Waals surface area contributed by atoms with Gasteiger partial charge in [0.1, 0.15) is 0 Å². The molecule has 32 heavy (non-hydrogen) atoms. The molecule has 1 N–H and O–H groups in total. The van der Waals surface area contributed by atoms with Gasteiger partial charge in [-0.2, -0.15) is 0 Å². The number of pyridine rings is 1. The van der Waals surface area contributed by atoms with Crippen LogP contribution in [0.25, 0.3) is 22.2 Å². The minimum Gasteiger partial charge on any atom is -0.454 e. The molecule has 0 unspecified atom stereocenters. The molecule has 0 spiro atoms. The monoisotopic (exact) mass is 424 g/mol. The molecule has 0 fully saturated rings. The molecule has 0 radical (unpaired) electrons. The van der Waals surface area contributed by atoms with Crippen LogP contribution >= 0.6 is 0 Å². The predicted octanol–water partition coefficient (Wildman–Crippen LogP) is 6.31. The largest absolute Gasteiger partial charge is 0.454 e. The molecule has 3 aromatic carbocycles. The van der Waals surface area contributed by atoms with Crippen molar-refractivity contribution in [1.82, 2.24) is 4.98 Å². The number of hydrogen-bond acceptors (Lipinski definition) is 4. The fraction of sp³-hybridized carbons (Fsp3) is 0.185. The first-order valence-corrected chi connectivity index (χ1v) is 10.7. The Balaban J connectivity index is 1.60. The van der Waals surface area contributed by atoms with E-state index in [-0.39, 0.29) is 12.7 Å². The van der Waals surface area contributed by atoms with Crippen molar-refractivity contribution in [3.63, 3.8) is 0 Å². The molecule has 5 rings (SSSR count). The van der Waals surface area contributed by atoms with Crippen LogP contribution < -0.4 is 14.8 Å². The first-order chi connectivity index (χ1) is 15.5. The molecule has 5 nitrogen and oxygen atoms in total. The zero-order chi connectivity index (χ0) is 22.2. The van der Waals surface area contributed by atoms with Crippen molar-refractivity contribution >= 4 is 22.5 Å². The topological polar surface area (TPSA) is 60.5 Å². The number of amides is 1. The zero-order valence-electron chi connectivity index (χ0n) is 18.3. The lowest BCUT2D eigenvalue weighted by Gasteiger charge is -2.17. The van der Waals surface area contributed by atoms with E-state index in [1.54, 1.807) is 0 Å². The van der Waals surface area contributed by atoms with Gasteiger partial charge in [-0.25, -0.2) is 4.98 Å². The van der Waals surface area contributed by atoms with E-state index in [9.17, 15) is 4.79 Å². The molecule has 0 saturated heterocycles. The second-order valence-corrected chi connectivity index (χ2v) is 8.29. The van der Waals surface area contributed by atoms with Crippen molar-refractivity contribution in [3.8, 4) is 22.8 Å². The molecule has 1 aliphatic rings. The average Bonchev–Trinajstić information content (AvgIpc) is 3.27. The molecule has 0 atom stereocenters. The number of aromatic nitrogens is 1. The van der Waals surface area contributed by atoms with Crippen molar-refractivity contribution < 1.29 is 14.3 Å². The molecule has 0 bridgehead atoms. The molecular formula is C27H24N2O3. The zero-order valence-corrected chi connectivity index (χ0v) is 18.3. The molecule has 5 heteroatoms. The van der Waals surface area contributed by atoms with Crippen LogP contribution in [-0.2, 0) is 0 Å². The Kier molecular flexibility index (Phi) is 5.02. The van der Waals surface area contributed by atoms with Gasteiger partial charge in [0.15, 0.2) is 11.5 Å². The van der Waals surface area contributed by atoms with E-state index in [2.05, 4.69) is 25.2 Å². The van der Waals surface area contributed by atoms with Crippen LogP contribution in [0.2, 0.25) is 0 Å². The molecule has 0 saturated carbocycles. The van der Waals surface area contributed by atoms with Crippen LogP contribution in [-0.4, -0.2) is 17.7 Å². The number of carbonyl (C=O) groups excluding carboxylic acids is 1. The number of rotatable bonds is 4. The summed E-state index contributed by atoms with van der Waals surface area (Å²) in [5.74, 6) is 1.54. The van der Waals surface area contributed by atoms with Crippen molar-refractivity contribution in [2.75, 3.05) is 12.1 Å². The maximum atomic E-state index is 13.5. The van der Waals surface area contributed by atoms with Gasteiger partial charge in [-0.05, 0) is 54.3 Å². The second-order valence-electron chi connectivity index (χ2n) is 8.29. The molecule has 0 aliphatic carbocycles. The highest BCUT2D eigenvalue weighted by Gasteiger charge is 2.19. The molecule has 4 aromatic rings. The van der Waals surface area contributed by atoms with Gasteiger partial charge in [-0.15, -0.1) is 0 Å². The molecular weight excluding hydrogens is 400 g/mol. The third-order valence-electron chi connectivity index (χ3n) is 5.79. The summed E-state index contributed by atoms with van der Waals surface area (Å²) in [6.45, 7) is 6.49. The normalized spacial score (nSPS) is 12.4. The molecule has 1 aromatic heterocycles. The summed E-state index contributed by atoms with van der Waals surface area (Å²) in [5.41, 5.74) is 5.96. The van der Waals surface area contributed by atoms with Crippen molar-refractivity contribution in [2.24, 2.45) is 0 Å². The van der Waals surface area contributed by atoms with Crippen molar-refractivity contribution in [2.45, 2.75) is 26.7 Å². The molecule has 1 amide bonds. The highest BCUT2D eigenvalue weighted by Crippen LogP contribution is 2.36. The first-order valence-electron chi connectivity index (χ1n) is 10.7. The van der Waals surface area contributed by atoms with Crippen LogP contribution in [0.1, 0.15) is 41.3 Å². The van der Waals surface area contributed by atoms with Gasteiger partial charge in [0.05, 0.1) is 16.8 Å². The van der Waals surface area contributed by atoms with Gasteiger partial charge in [0.25, 0.3) is 5.91 Å². The van der Waals surface area contributed by atoms with Crippen LogP contribution in [0.4, 0.5) is 5.69 Å². The quantitative estimate of drug-likeness (QED) is 0.417. The minimum absolute atomic E-state index is 0.151. The van der Waals surface area contributed by atoms with E-state index in [0.29, 0.717) is 28.7 Å². The average molecular weight is 425 g/mol. The number of nitrogens with one attached hydrogen (secondary N) is 1. The third-order valence-corrected chi connectivity index (χ3v) is 5.79. The van der Waals surface area contributed by atoms with E-state index >= 15 is 0 Å². The molecule has 2 heterocycles. The summed E-state index contributed by atoms with van der Waals surface area (Å²) < 4.78 is 10.9. The van der Waals surface area contributed by atoms with Crippen LogP contribution in [0.5, 0.6) is 11.5 Å². The van der Waals surface area contributed by atoms with Crippen LogP contribution in [0, 0.1) is 6.92 Å². The summed E-state index contributed by atoms with van der Waals surface area (Å²) in [6.07, 6.45) is 0. The van der Waals surface area contributed by atoms with Gasteiger partial charge >= 0.3 is 0 Å². The standard InChI is InChI=1S/C27H24N2O3/c1-16(2)19-9-6-7-17(3)26(19)29-27(30)21-14-23(28-22-10-5-4-8-20(21)22)18-11-12-24-25(13-18)32-15-31-24/h4-14,16H,15H2,1-3H3,(H,29,30). The Hall–Kier alpha value is -3.86. The Morgan fingerprint density at radius 3 is 2.62 bits per heavy atom. The lowest BCUT2D eigenvalue weighted by molar-refractivity contribution is 0.102. The van der Waals surface area contributed by atoms with Gasteiger partial charge < -0.3 is 14.8 Å². The SMILES string of the molecule is Cc1cccc(C(C)C)c1NC(=O)c1cc(-c2ccc3c(c2)OCO3)nc2ccccc12. The minimum atomic E-state index is -0.151. The summed E-state index contributed by atoms with van der Waals surface area (Å²) in [5, 5.41) is 3.99. The highest BCUT2D eigenvalue weighted by molar-refractivity contribution is 6.13. The van der Waals surface area contributed by atoms with Crippen molar-refractivity contribution in [3.05, 3.63) is 83.4 Å². The second kappa shape index (κ2) is 8.00. The van der Waals surface area contributed by atoms with E-state index in [1.165, 1.54) is 0 Å². The number of fused-ring (bicyclic) bond motifs is 2. The summed E-state index contributed by atoms with van der Waals surface area (Å²) in [7, 11) is 0. The summed E-state index contributed by atoms with van der Waals surface area (Å²) in [6, 6.07) is 21.4. The number of para-hydroxylation sites is 2. The van der Waals surface area contributed by atoms with Crippen molar-refractivity contribution in [1.29, 1.82) is 0 Å². The van der Waals surface area contributed by atoms with E-state index in [4.69, 9.17) is 14.5 Å².